The molecule has 0 saturated carbocycles. The predicted molar refractivity (Wildman–Crippen MR) is 83.9 cm³/mol. The number of phosphoric acid groups is 1. The molecule has 0 saturated heterocycles. The van der Waals surface area contributed by atoms with Crippen molar-refractivity contribution < 1.29 is 32.0 Å². The molecule has 0 unspecified atom stereocenters. The predicted octanol–water partition coefficient (Wildman–Crippen LogP) is 1.34. The highest BCUT2D eigenvalue weighted by atomic mass is 32.2. The monoisotopic (exact) mass is 361 g/mol. The summed E-state index contributed by atoms with van der Waals surface area (Å²) in [6.07, 6.45) is 0.798. The molecule has 0 aliphatic carbocycles. The molecular weight excluding hydrogens is 333 g/mol. The molecular formula is C12H28NO7PS. The third-order valence-corrected chi connectivity index (χ3v) is 4.93. The van der Waals surface area contributed by atoms with Crippen LogP contribution in [0.4, 0.5) is 0 Å². The molecule has 0 spiro atoms. The second-order valence-corrected chi connectivity index (χ2v) is 9.37. The Morgan fingerprint density at radius 2 is 1.77 bits per heavy atom. The molecule has 8 nitrogen and oxygen atoms in total. The average Bonchev–Trinajstić information content (AvgIpc) is 2.27. The van der Waals surface area contributed by atoms with Gasteiger partial charge in [0, 0.05) is 12.1 Å². The first-order valence-electron chi connectivity index (χ1n) is 7.00. The number of rotatable bonds is 9. The molecule has 0 aromatic carbocycles. The van der Waals surface area contributed by atoms with Gasteiger partial charge in [-0.05, 0) is 34.1 Å². The van der Waals surface area contributed by atoms with Crippen LogP contribution < -0.4 is 0 Å². The maximum atomic E-state index is 11.9. The van der Waals surface area contributed by atoms with Crippen LogP contribution in [0.3, 0.4) is 0 Å². The number of phosphoric ester groups is 1. The van der Waals surface area contributed by atoms with E-state index >= 15 is 0 Å². The average molecular weight is 361 g/mol. The van der Waals surface area contributed by atoms with E-state index in [-0.39, 0.29) is 12.6 Å². The van der Waals surface area contributed by atoms with Crippen LogP contribution in [0.15, 0.2) is 0 Å². The summed E-state index contributed by atoms with van der Waals surface area (Å²) >= 11 is 0. The van der Waals surface area contributed by atoms with Crippen LogP contribution in [-0.2, 0) is 23.8 Å². The summed E-state index contributed by atoms with van der Waals surface area (Å²) in [5.41, 5.74) is -0.688. The lowest BCUT2D eigenvalue weighted by Gasteiger charge is -2.36. The number of nitrogens with zero attached hydrogens (tertiary/aromatic N) is 1. The minimum atomic E-state index is -4.64. The van der Waals surface area contributed by atoms with Gasteiger partial charge in [0.05, 0.1) is 25.1 Å². The second-order valence-electron chi connectivity index (χ2n) is 6.23. The quantitative estimate of drug-likeness (QED) is 0.596. The molecule has 0 bridgehead atoms. The third-order valence-electron chi connectivity index (χ3n) is 2.95. The molecule has 2 N–H and O–H groups in total. The number of ether oxygens (including phenoxy) is 1. The Bertz CT molecular complexity index is 482. The van der Waals surface area contributed by atoms with Crippen molar-refractivity contribution in [1.29, 1.82) is 0 Å². The van der Waals surface area contributed by atoms with Crippen molar-refractivity contribution >= 4 is 17.8 Å². The van der Waals surface area contributed by atoms with E-state index < -0.39 is 36.1 Å². The number of hydrogen-bond acceptors (Lipinski definition) is 5. The molecule has 22 heavy (non-hydrogen) atoms. The van der Waals surface area contributed by atoms with Crippen molar-refractivity contribution in [3.63, 3.8) is 0 Å². The standard InChI is InChI=1S/C12H28NO7PS/c1-7-10(2)20-11(9-19-21(14,15)16)8-13(12(3,4)5)22(6,17)18/h10-11H,7-9H2,1-6H3,(H2,14,15,16)/t10-,11-/m0/s1. The molecule has 0 fully saturated rings. The Morgan fingerprint density at radius 1 is 1.27 bits per heavy atom. The highest BCUT2D eigenvalue weighted by Gasteiger charge is 2.33. The van der Waals surface area contributed by atoms with Gasteiger partial charge in [-0.25, -0.2) is 13.0 Å². The minimum Gasteiger partial charge on any atom is -0.371 e. The lowest BCUT2D eigenvalue weighted by atomic mass is 10.1. The van der Waals surface area contributed by atoms with Crippen LogP contribution >= 0.6 is 7.82 Å². The van der Waals surface area contributed by atoms with Gasteiger partial charge >= 0.3 is 7.82 Å². The van der Waals surface area contributed by atoms with Crippen LogP contribution in [0.5, 0.6) is 0 Å². The Balaban J connectivity index is 5.18. The van der Waals surface area contributed by atoms with E-state index in [4.69, 9.17) is 14.5 Å². The molecule has 0 aromatic rings. The summed E-state index contributed by atoms with van der Waals surface area (Å²) in [4.78, 5) is 17.6. The summed E-state index contributed by atoms with van der Waals surface area (Å²) in [6.45, 7) is 8.45. The molecule has 0 radical (unpaired) electrons. The van der Waals surface area contributed by atoms with Gasteiger partial charge in [-0.2, -0.15) is 4.31 Å². The summed E-state index contributed by atoms with van der Waals surface area (Å²) < 4.78 is 46.1. The minimum absolute atomic E-state index is 0.0489. The fraction of sp³-hybridized carbons (Fsp3) is 1.00. The number of hydrogen-bond donors (Lipinski definition) is 2. The Labute approximate surface area is 133 Å². The first kappa shape index (κ1) is 22.0. The zero-order valence-electron chi connectivity index (χ0n) is 14.0. The smallest absolute Gasteiger partial charge is 0.371 e. The SMILES string of the molecule is CC[C@H](C)O[C@H](COP(=O)(O)O)CN(C(C)(C)C)S(C)(=O)=O. The fourth-order valence-electron chi connectivity index (χ4n) is 1.83. The summed E-state index contributed by atoms with van der Waals surface area (Å²) in [7, 11) is -8.15. The summed E-state index contributed by atoms with van der Waals surface area (Å²) in [5.74, 6) is 0. The molecule has 10 heteroatoms. The highest BCUT2D eigenvalue weighted by molar-refractivity contribution is 7.88. The van der Waals surface area contributed by atoms with Crippen molar-refractivity contribution in [2.45, 2.75) is 58.8 Å². The highest BCUT2D eigenvalue weighted by Crippen LogP contribution is 2.36. The first-order chi connectivity index (χ1) is 9.66. The Kier molecular flexibility index (Phi) is 8.18. The van der Waals surface area contributed by atoms with Crippen molar-refractivity contribution in [3.05, 3.63) is 0 Å². The molecule has 0 aliphatic heterocycles. The van der Waals surface area contributed by atoms with E-state index in [0.717, 1.165) is 6.26 Å². The van der Waals surface area contributed by atoms with E-state index in [2.05, 4.69) is 4.52 Å². The number of sulfonamides is 1. The lowest BCUT2D eigenvalue weighted by Crippen LogP contribution is -2.50. The van der Waals surface area contributed by atoms with Crippen LogP contribution in [0.2, 0.25) is 0 Å². The van der Waals surface area contributed by atoms with Gasteiger partial charge in [0.2, 0.25) is 10.0 Å². The van der Waals surface area contributed by atoms with Crippen LogP contribution in [0.25, 0.3) is 0 Å². The van der Waals surface area contributed by atoms with Gasteiger partial charge in [0.15, 0.2) is 0 Å². The summed E-state index contributed by atoms with van der Waals surface area (Å²) in [5, 5.41) is 0. The Hall–Kier alpha value is -0.0200. The van der Waals surface area contributed by atoms with Crippen LogP contribution in [0, 0.1) is 0 Å². The zero-order valence-corrected chi connectivity index (χ0v) is 15.7. The van der Waals surface area contributed by atoms with E-state index in [0.29, 0.717) is 6.42 Å². The molecule has 2 atom stereocenters. The Morgan fingerprint density at radius 3 is 2.09 bits per heavy atom. The van der Waals surface area contributed by atoms with E-state index in [9.17, 15) is 13.0 Å². The van der Waals surface area contributed by atoms with E-state index in [1.165, 1.54) is 4.31 Å². The topological polar surface area (TPSA) is 113 Å². The van der Waals surface area contributed by atoms with E-state index in [1.54, 1.807) is 27.7 Å². The van der Waals surface area contributed by atoms with Crippen LogP contribution in [0.1, 0.15) is 41.0 Å². The molecule has 134 valence electrons. The van der Waals surface area contributed by atoms with Gasteiger partial charge in [-0.15, -0.1) is 0 Å². The molecule has 0 rings (SSSR count). The van der Waals surface area contributed by atoms with Crippen molar-refractivity contribution in [1.82, 2.24) is 4.31 Å². The van der Waals surface area contributed by atoms with Crippen molar-refractivity contribution in [2.75, 3.05) is 19.4 Å². The van der Waals surface area contributed by atoms with Gasteiger partial charge in [0.1, 0.15) is 0 Å². The molecule has 0 aliphatic rings. The lowest BCUT2D eigenvalue weighted by molar-refractivity contribution is -0.0442. The second kappa shape index (κ2) is 8.19. The third kappa shape index (κ3) is 9.19. The van der Waals surface area contributed by atoms with Crippen molar-refractivity contribution in [2.24, 2.45) is 0 Å². The van der Waals surface area contributed by atoms with E-state index in [1.807, 2.05) is 6.92 Å². The van der Waals surface area contributed by atoms with Crippen LogP contribution in [-0.4, -0.2) is 59.7 Å². The van der Waals surface area contributed by atoms with Gasteiger partial charge < -0.3 is 14.5 Å². The molecule has 0 heterocycles. The van der Waals surface area contributed by atoms with Gasteiger partial charge in [-0.3, -0.25) is 4.52 Å². The van der Waals surface area contributed by atoms with Crippen molar-refractivity contribution in [3.8, 4) is 0 Å². The van der Waals surface area contributed by atoms with Gasteiger partial charge in [-0.1, -0.05) is 6.92 Å². The maximum Gasteiger partial charge on any atom is 0.469 e. The zero-order chi connectivity index (χ0) is 17.8. The normalized spacial score (nSPS) is 16.8. The maximum absolute atomic E-state index is 11.9. The van der Waals surface area contributed by atoms with Gasteiger partial charge in [0.25, 0.3) is 0 Å². The molecule has 0 amide bonds. The fourth-order valence-corrected chi connectivity index (χ4v) is 3.62. The first-order valence-corrected chi connectivity index (χ1v) is 10.4. The summed E-state index contributed by atoms with van der Waals surface area (Å²) in [6, 6.07) is 0. The molecule has 0 aromatic heterocycles. The largest absolute Gasteiger partial charge is 0.469 e.